The first-order valence-corrected chi connectivity index (χ1v) is 5.41. The molecule has 78 valence electrons. The Morgan fingerprint density at radius 1 is 1.33 bits per heavy atom. The second-order valence-corrected chi connectivity index (χ2v) is 3.60. The van der Waals surface area contributed by atoms with Crippen LogP contribution in [0.15, 0.2) is 15.7 Å². The Balaban J connectivity index is 2.48. The number of hydrogen-bond donors (Lipinski definition) is 1. The van der Waals surface area contributed by atoms with Crippen molar-refractivity contribution in [1.29, 1.82) is 0 Å². The fourth-order valence-corrected chi connectivity index (χ4v) is 1.41. The fourth-order valence-electron chi connectivity index (χ4n) is 1.05. The van der Waals surface area contributed by atoms with E-state index in [1.165, 1.54) is 11.8 Å². The van der Waals surface area contributed by atoms with Crippen LogP contribution in [0.4, 0.5) is 5.95 Å². The lowest BCUT2D eigenvalue weighted by atomic mass is 10.3. The number of rotatable bonds is 2. The van der Waals surface area contributed by atoms with E-state index < -0.39 is 0 Å². The molecular weight excluding hydrogens is 214 g/mol. The van der Waals surface area contributed by atoms with Crippen molar-refractivity contribution >= 4 is 17.7 Å². The summed E-state index contributed by atoms with van der Waals surface area (Å²) in [4.78, 5) is 12.1. The number of hydrogen-bond acceptors (Lipinski definition) is 7. The Bertz CT molecular complexity index is 484. The van der Waals surface area contributed by atoms with Crippen molar-refractivity contribution in [3.8, 4) is 11.5 Å². The van der Waals surface area contributed by atoms with Crippen LogP contribution in [0.2, 0.25) is 0 Å². The third-order valence-corrected chi connectivity index (χ3v) is 2.22. The maximum Gasteiger partial charge on any atom is 0.224 e. The molecule has 15 heavy (non-hydrogen) atoms. The van der Waals surface area contributed by atoms with Crippen molar-refractivity contribution in [1.82, 2.24) is 20.1 Å². The molecule has 6 nitrogen and oxygen atoms in total. The molecule has 0 amide bonds. The summed E-state index contributed by atoms with van der Waals surface area (Å²) < 4.78 is 4.93. The third kappa shape index (κ3) is 2.07. The lowest BCUT2D eigenvalue weighted by molar-refractivity contribution is 0.399. The Kier molecular flexibility index (Phi) is 2.55. The zero-order chi connectivity index (χ0) is 10.8. The number of anilines is 1. The van der Waals surface area contributed by atoms with Gasteiger partial charge in [-0.2, -0.15) is 9.97 Å². The zero-order valence-electron chi connectivity index (χ0n) is 8.26. The van der Waals surface area contributed by atoms with Gasteiger partial charge in [0, 0.05) is 6.07 Å². The van der Waals surface area contributed by atoms with Crippen molar-refractivity contribution in [3.05, 3.63) is 11.8 Å². The average molecular weight is 223 g/mol. The number of nitrogens with two attached hydrogens (primary N) is 1. The highest BCUT2D eigenvalue weighted by Crippen LogP contribution is 2.18. The van der Waals surface area contributed by atoms with Gasteiger partial charge in [0.15, 0.2) is 16.7 Å². The molecule has 0 radical (unpaired) electrons. The lowest BCUT2D eigenvalue weighted by Gasteiger charge is -1.98. The van der Waals surface area contributed by atoms with Gasteiger partial charge in [-0.1, -0.05) is 16.9 Å². The number of nitrogens with zero attached hydrogens (tertiary/aromatic N) is 4. The van der Waals surface area contributed by atoms with E-state index in [4.69, 9.17) is 10.3 Å². The molecule has 0 saturated heterocycles. The summed E-state index contributed by atoms with van der Waals surface area (Å²) >= 11 is 1.40. The van der Waals surface area contributed by atoms with Crippen LogP contribution in [0.5, 0.6) is 0 Å². The van der Waals surface area contributed by atoms with Gasteiger partial charge < -0.3 is 10.3 Å². The normalized spacial score (nSPS) is 10.5. The fraction of sp³-hybridized carbons (Fsp3) is 0.250. The van der Waals surface area contributed by atoms with Gasteiger partial charge in [-0.25, -0.2) is 4.98 Å². The van der Waals surface area contributed by atoms with E-state index in [0.29, 0.717) is 22.4 Å². The standard InChI is InChI=1S/C8H9N5OS/c1-4-3-5(13-14-4)6-10-7(9)12-8(11-6)15-2/h3H,1-2H3,(H2,9,10,11,12). The molecule has 2 aromatic rings. The molecule has 0 aliphatic heterocycles. The van der Waals surface area contributed by atoms with Crippen LogP contribution in [0, 0.1) is 6.92 Å². The van der Waals surface area contributed by atoms with Gasteiger partial charge >= 0.3 is 0 Å². The van der Waals surface area contributed by atoms with E-state index >= 15 is 0 Å². The first-order valence-electron chi connectivity index (χ1n) is 4.18. The Morgan fingerprint density at radius 3 is 2.73 bits per heavy atom. The van der Waals surface area contributed by atoms with E-state index in [-0.39, 0.29) is 5.95 Å². The van der Waals surface area contributed by atoms with E-state index in [0.717, 1.165) is 0 Å². The van der Waals surface area contributed by atoms with E-state index in [9.17, 15) is 0 Å². The number of aryl methyl sites for hydroxylation is 1. The zero-order valence-corrected chi connectivity index (χ0v) is 9.08. The predicted molar refractivity (Wildman–Crippen MR) is 56.3 cm³/mol. The summed E-state index contributed by atoms with van der Waals surface area (Å²) in [5.41, 5.74) is 6.11. The number of nitrogen functional groups attached to an aromatic ring is 1. The highest BCUT2D eigenvalue weighted by Gasteiger charge is 2.10. The van der Waals surface area contributed by atoms with Gasteiger partial charge in [0.1, 0.15) is 5.76 Å². The maximum absolute atomic E-state index is 5.55. The molecule has 0 atom stereocenters. The number of thioether (sulfide) groups is 1. The molecule has 0 spiro atoms. The molecule has 2 heterocycles. The second kappa shape index (κ2) is 3.85. The first-order chi connectivity index (χ1) is 7.19. The van der Waals surface area contributed by atoms with E-state index in [1.54, 1.807) is 13.0 Å². The lowest BCUT2D eigenvalue weighted by Crippen LogP contribution is -2.01. The smallest absolute Gasteiger partial charge is 0.224 e. The van der Waals surface area contributed by atoms with E-state index in [1.807, 2.05) is 6.26 Å². The van der Waals surface area contributed by atoms with Crippen LogP contribution < -0.4 is 5.73 Å². The van der Waals surface area contributed by atoms with Gasteiger partial charge in [0.25, 0.3) is 0 Å². The SMILES string of the molecule is CSc1nc(N)nc(-c2cc(C)on2)n1. The number of aromatic nitrogens is 4. The van der Waals surface area contributed by atoms with Gasteiger partial charge in [-0.05, 0) is 13.2 Å². The van der Waals surface area contributed by atoms with Gasteiger partial charge in [-0.15, -0.1) is 0 Å². The van der Waals surface area contributed by atoms with Gasteiger partial charge in [0.2, 0.25) is 5.95 Å². The van der Waals surface area contributed by atoms with Crippen molar-refractivity contribution < 1.29 is 4.52 Å². The van der Waals surface area contributed by atoms with Crippen molar-refractivity contribution in [3.63, 3.8) is 0 Å². The second-order valence-electron chi connectivity index (χ2n) is 2.83. The summed E-state index contributed by atoms with van der Waals surface area (Å²) in [6.45, 7) is 1.80. The van der Waals surface area contributed by atoms with Crippen molar-refractivity contribution in [2.45, 2.75) is 12.1 Å². The summed E-state index contributed by atoms with van der Waals surface area (Å²) in [6, 6.07) is 1.75. The summed E-state index contributed by atoms with van der Waals surface area (Å²) in [7, 11) is 0. The van der Waals surface area contributed by atoms with E-state index in [2.05, 4.69) is 20.1 Å². The summed E-state index contributed by atoms with van der Waals surface area (Å²) in [6.07, 6.45) is 1.87. The molecule has 0 bridgehead atoms. The molecule has 0 saturated carbocycles. The van der Waals surface area contributed by atoms with Crippen LogP contribution in [0.1, 0.15) is 5.76 Å². The molecule has 0 unspecified atom stereocenters. The molecule has 0 aliphatic carbocycles. The van der Waals surface area contributed by atoms with Crippen molar-refractivity contribution in [2.24, 2.45) is 0 Å². The molecule has 0 aliphatic rings. The minimum Gasteiger partial charge on any atom is -0.368 e. The quantitative estimate of drug-likeness (QED) is 0.763. The van der Waals surface area contributed by atoms with Crippen molar-refractivity contribution in [2.75, 3.05) is 12.0 Å². The molecule has 0 aromatic carbocycles. The van der Waals surface area contributed by atoms with Crippen LogP contribution in [0.25, 0.3) is 11.5 Å². The van der Waals surface area contributed by atoms with Crippen LogP contribution in [-0.4, -0.2) is 26.4 Å². The molecule has 0 fully saturated rings. The Morgan fingerprint density at radius 2 is 2.13 bits per heavy atom. The van der Waals surface area contributed by atoms with Gasteiger partial charge in [-0.3, -0.25) is 0 Å². The summed E-state index contributed by atoms with van der Waals surface area (Å²) in [5, 5.41) is 4.38. The minimum absolute atomic E-state index is 0.185. The summed E-state index contributed by atoms with van der Waals surface area (Å²) in [5.74, 6) is 1.32. The predicted octanol–water partition coefficient (Wildman–Crippen LogP) is 1.14. The highest BCUT2D eigenvalue weighted by atomic mass is 32.2. The van der Waals surface area contributed by atoms with Crippen LogP contribution >= 0.6 is 11.8 Å². The topological polar surface area (TPSA) is 90.7 Å². The molecule has 2 N–H and O–H groups in total. The first kappa shape index (κ1) is 9.91. The van der Waals surface area contributed by atoms with Crippen LogP contribution in [0.3, 0.4) is 0 Å². The average Bonchev–Trinajstić information content (AvgIpc) is 2.64. The largest absolute Gasteiger partial charge is 0.368 e. The molecule has 2 rings (SSSR count). The third-order valence-electron chi connectivity index (χ3n) is 1.67. The molecule has 2 aromatic heterocycles. The Hall–Kier alpha value is -1.63. The van der Waals surface area contributed by atoms with Crippen LogP contribution in [-0.2, 0) is 0 Å². The minimum atomic E-state index is 0.185. The van der Waals surface area contributed by atoms with Gasteiger partial charge in [0.05, 0.1) is 0 Å². The highest BCUT2D eigenvalue weighted by molar-refractivity contribution is 7.98. The monoisotopic (exact) mass is 223 g/mol. The Labute approximate surface area is 90.3 Å². The molecular formula is C8H9N5OS. The molecule has 7 heteroatoms. The maximum atomic E-state index is 5.55.